The Morgan fingerprint density at radius 1 is 1.38 bits per heavy atom. The number of ether oxygens (including phenoxy) is 2. The van der Waals surface area contributed by atoms with Crippen molar-refractivity contribution in [2.75, 3.05) is 13.7 Å². The van der Waals surface area contributed by atoms with E-state index in [2.05, 4.69) is 11.3 Å². The topological polar surface area (TPSA) is 64.6 Å². The van der Waals surface area contributed by atoms with E-state index in [4.69, 9.17) is 9.47 Å². The van der Waals surface area contributed by atoms with Gasteiger partial charge in [-0.3, -0.25) is 0 Å². The van der Waals surface area contributed by atoms with Gasteiger partial charge >= 0.3 is 5.97 Å². The van der Waals surface area contributed by atoms with Crippen molar-refractivity contribution in [2.24, 2.45) is 0 Å². The van der Waals surface area contributed by atoms with Crippen molar-refractivity contribution in [2.45, 2.75) is 44.4 Å². The van der Waals surface area contributed by atoms with Gasteiger partial charge in [-0.15, -0.1) is 6.58 Å². The molecule has 0 aliphatic rings. The van der Waals surface area contributed by atoms with E-state index in [-0.39, 0.29) is 13.0 Å². The van der Waals surface area contributed by atoms with Crippen LogP contribution in [0.1, 0.15) is 39.7 Å². The largest absolute Gasteiger partial charge is 0.497 e. The smallest absolute Gasteiger partial charge is 0.332 e. The van der Waals surface area contributed by atoms with Crippen LogP contribution in [0.4, 0.5) is 0 Å². The molecule has 0 aliphatic carbocycles. The highest BCUT2D eigenvalue weighted by molar-refractivity contribution is 7.84. The van der Waals surface area contributed by atoms with Crippen LogP contribution in [-0.2, 0) is 26.1 Å². The normalized spacial score (nSPS) is 15.2. The molecule has 1 aromatic carbocycles. The van der Waals surface area contributed by atoms with E-state index in [0.717, 1.165) is 0 Å². The van der Waals surface area contributed by atoms with Crippen LogP contribution in [0.15, 0.2) is 36.9 Å². The van der Waals surface area contributed by atoms with Crippen LogP contribution in [0.3, 0.4) is 0 Å². The van der Waals surface area contributed by atoms with Gasteiger partial charge in [-0.05, 0) is 51.8 Å². The zero-order chi connectivity index (χ0) is 18.4. The molecule has 0 bridgehead atoms. The molecule has 0 heterocycles. The highest BCUT2D eigenvalue weighted by Crippen LogP contribution is 2.32. The van der Waals surface area contributed by atoms with Gasteiger partial charge in [0, 0.05) is 0 Å². The van der Waals surface area contributed by atoms with E-state index in [1.54, 1.807) is 44.4 Å². The summed E-state index contributed by atoms with van der Waals surface area (Å²) < 4.78 is 25.7. The monoisotopic (exact) mass is 353 g/mol. The summed E-state index contributed by atoms with van der Waals surface area (Å²) in [4.78, 5) is 12.8. The Morgan fingerprint density at radius 3 is 2.54 bits per heavy atom. The van der Waals surface area contributed by atoms with E-state index in [1.165, 1.54) is 0 Å². The number of esters is 1. The lowest BCUT2D eigenvalue weighted by Crippen LogP contribution is -2.53. The molecule has 1 aromatic rings. The number of benzene rings is 1. The maximum absolute atomic E-state index is 12.8. The van der Waals surface area contributed by atoms with Gasteiger partial charge in [-0.25, -0.2) is 13.7 Å². The highest BCUT2D eigenvalue weighted by Gasteiger charge is 2.44. The van der Waals surface area contributed by atoms with Crippen LogP contribution in [-0.4, -0.2) is 28.6 Å². The first-order valence-electron chi connectivity index (χ1n) is 7.83. The molecule has 6 heteroatoms. The number of carbonyl (C=O) groups excluding carboxylic acids is 1. The minimum atomic E-state index is -1.48. The molecule has 1 N–H and O–H groups in total. The lowest BCUT2D eigenvalue weighted by atomic mass is 9.87. The SMILES string of the molecule is C=CC[C@@](NS(=O)C(C)(C)C)(C(=O)OCC)c1cccc(OC)c1. The van der Waals surface area contributed by atoms with Crippen molar-refractivity contribution in [3.05, 3.63) is 42.5 Å². The minimum Gasteiger partial charge on any atom is -0.497 e. The molecule has 0 fully saturated rings. The molecule has 0 spiro atoms. The number of nitrogens with one attached hydrogen (secondary N) is 1. The average molecular weight is 353 g/mol. The molecule has 0 aliphatic heterocycles. The van der Waals surface area contributed by atoms with Crippen LogP contribution in [0, 0.1) is 0 Å². The van der Waals surface area contributed by atoms with E-state index >= 15 is 0 Å². The second-order valence-electron chi connectivity index (χ2n) is 6.33. The van der Waals surface area contributed by atoms with Crippen LogP contribution in [0.25, 0.3) is 0 Å². The van der Waals surface area contributed by atoms with Crippen LogP contribution >= 0.6 is 0 Å². The summed E-state index contributed by atoms with van der Waals surface area (Å²) in [5.41, 5.74) is -0.664. The Bertz CT molecular complexity index is 609. The summed E-state index contributed by atoms with van der Waals surface area (Å²) in [6.07, 6.45) is 1.85. The van der Waals surface area contributed by atoms with Crippen LogP contribution in [0.5, 0.6) is 5.75 Å². The third-order valence-electron chi connectivity index (χ3n) is 3.46. The molecule has 0 amide bonds. The predicted octanol–water partition coefficient (Wildman–Crippen LogP) is 3.08. The standard InChI is InChI=1S/C18H27NO4S/c1-7-12-18(16(20)23-8-2,19-24(21)17(3,4)5)14-10-9-11-15(13-14)22-6/h7,9-11,13,19H,1,8,12H2,2-6H3/t18-,24?/m0/s1. The maximum atomic E-state index is 12.8. The Kier molecular flexibility index (Phi) is 7.17. The summed E-state index contributed by atoms with van der Waals surface area (Å²) in [6.45, 7) is 11.2. The lowest BCUT2D eigenvalue weighted by Gasteiger charge is -2.34. The van der Waals surface area contributed by atoms with E-state index in [0.29, 0.717) is 11.3 Å². The molecule has 1 unspecified atom stereocenters. The van der Waals surface area contributed by atoms with Gasteiger partial charge in [0.2, 0.25) is 0 Å². The fraction of sp³-hybridized carbons (Fsp3) is 0.500. The van der Waals surface area contributed by atoms with Gasteiger partial charge in [-0.2, -0.15) is 0 Å². The second kappa shape index (κ2) is 8.44. The van der Waals surface area contributed by atoms with E-state index < -0.39 is 27.2 Å². The zero-order valence-electron chi connectivity index (χ0n) is 15.0. The molecule has 5 nitrogen and oxygen atoms in total. The molecular weight excluding hydrogens is 326 g/mol. The Hall–Kier alpha value is -1.66. The molecule has 134 valence electrons. The van der Waals surface area contributed by atoms with Gasteiger partial charge < -0.3 is 9.47 Å². The molecule has 24 heavy (non-hydrogen) atoms. The summed E-state index contributed by atoms with van der Waals surface area (Å²) >= 11 is 0. The minimum absolute atomic E-state index is 0.228. The van der Waals surface area contributed by atoms with Gasteiger partial charge in [0.05, 0.1) is 29.4 Å². The fourth-order valence-electron chi connectivity index (χ4n) is 2.13. The third-order valence-corrected chi connectivity index (χ3v) is 5.11. The molecule has 0 aromatic heterocycles. The number of methoxy groups -OCH3 is 1. The molecule has 1 rings (SSSR count). The van der Waals surface area contributed by atoms with Crippen molar-refractivity contribution in [3.8, 4) is 5.75 Å². The highest BCUT2D eigenvalue weighted by atomic mass is 32.2. The first-order chi connectivity index (χ1) is 11.2. The molecule has 0 radical (unpaired) electrons. The summed E-state index contributed by atoms with van der Waals surface area (Å²) in [7, 11) is 0.0741. The Labute approximate surface area is 147 Å². The van der Waals surface area contributed by atoms with Crippen LogP contribution in [0.2, 0.25) is 0 Å². The fourth-order valence-corrected chi connectivity index (χ4v) is 3.04. The third kappa shape index (κ3) is 4.68. The average Bonchev–Trinajstić information content (AvgIpc) is 2.53. The quantitative estimate of drug-likeness (QED) is 0.576. The Balaban J connectivity index is 3.48. The number of hydrogen-bond donors (Lipinski definition) is 1. The maximum Gasteiger partial charge on any atom is 0.332 e. The summed E-state index contributed by atoms with van der Waals surface area (Å²) in [6, 6.07) is 7.10. The van der Waals surface area contributed by atoms with Crippen molar-refractivity contribution in [3.63, 3.8) is 0 Å². The first-order valence-corrected chi connectivity index (χ1v) is 8.98. The van der Waals surface area contributed by atoms with Gasteiger partial charge in [-0.1, -0.05) is 18.2 Å². The number of hydrogen-bond acceptors (Lipinski definition) is 4. The van der Waals surface area contributed by atoms with E-state index in [9.17, 15) is 9.00 Å². The number of carbonyl (C=O) groups is 1. The van der Waals surface area contributed by atoms with Gasteiger partial charge in [0.25, 0.3) is 0 Å². The zero-order valence-corrected chi connectivity index (χ0v) is 15.9. The summed E-state index contributed by atoms with van der Waals surface area (Å²) in [5, 5.41) is 0. The molecular formula is C18H27NO4S. The van der Waals surface area contributed by atoms with Crippen molar-refractivity contribution >= 4 is 17.0 Å². The van der Waals surface area contributed by atoms with Crippen LogP contribution < -0.4 is 9.46 Å². The van der Waals surface area contributed by atoms with Crippen molar-refractivity contribution in [1.29, 1.82) is 0 Å². The predicted molar refractivity (Wildman–Crippen MR) is 97.2 cm³/mol. The lowest BCUT2D eigenvalue weighted by molar-refractivity contribution is -0.150. The van der Waals surface area contributed by atoms with Gasteiger partial charge in [0.1, 0.15) is 5.75 Å². The molecule has 0 saturated carbocycles. The molecule has 2 atom stereocenters. The van der Waals surface area contributed by atoms with E-state index in [1.807, 2.05) is 20.8 Å². The Morgan fingerprint density at radius 2 is 2.04 bits per heavy atom. The molecule has 0 saturated heterocycles. The summed E-state index contributed by atoms with van der Waals surface area (Å²) in [5.74, 6) is 0.115. The van der Waals surface area contributed by atoms with Crippen molar-refractivity contribution in [1.82, 2.24) is 4.72 Å². The van der Waals surface area contributed by atoms with Crippen molar-refractivity contribution < 1.29 is 18.5 Å². The van der Waals surface area contributed by atoms with Gasteiger partial charge in [0.15, 0.2) is 5.54 Å². The number of rotatable bonds is 8. The second-order valence-corrected chi connectivity index (χ2v) is 8.30. The first kappa shape index (κ1) is 20.4.